The van der Waals surface area contributed by atoms with Crippen molar-refractivity contribution in [2.24, 2.45) is 5.73 Å². The summed E-state index contributed by atoms with van der Waals surface area (Å²) in [5.74, 6) is 0.00497. The molecule has 1 aromatic heterocycles. The summed E-state index contributed by atoms with van der Waals surface area (Å²) in [7, 11) is 0. The Labute approximate surface area is 101 Å². The number of amides is 1. The van der Waals surface area contributed by atoms with Gasteiger partial charge in [0.05, 0.1) is 11.9 Å². The first-order valence-electron chi connectivity index (χ1n) is 6.16. The fraction of sp³-hybridized carbons (Fsp3) is 0.727. The summed E-state index contributed by atoms with van der Waals surface area (Å²) in [6, 6.07) is 0.341. The second kappa shape index (κ2) is 5.77. The van der Waals surface area contributed by atoms with Crippen molar-refractivity contribution in [3.05, 3.63) is 11.9 Å². The van der Waals surface area contributed by atoms with Crippen LogP contribution in [0.2, 0.25) is 0 Å². The van der Waals surface area contributed by atoms with Crippen LogP contribution >= 0.6 is 0 Å². The lowest BCUT2D eigenvalue weighted by Crippen LogP contribution is -2.38. The summed E-state index contributed by atoms with van der Waals surface area (Å²) in [6.45, 7) is 0.577. The molecule has 1 aliphatic carbocycles. The van der Waals surface area contributed by atoms with Gasteiger partial charge in [0.15, 0.2) is 0 Å². The number of hydrogen-bond donors (Lipinski definition) is 2. The molecule has 1 aliphatic rings. The molecule has 17 heavy (non-hydrogen) atoms. The largest absolute Gasteiger partial charge is 0.352 e. The summed E-state index contributed by atoms with van der Waals surface area (Å²) in [4.78, 5) is 11.7. The molecule has 6 heteroatoms. The van der Waals surface area contributed by atoms with Gasteiger partial charge >= 0.3 is 0 Å². The Morgan fingerprint density at radius 1 is 1.47 bits per heavy atom. The Balaban J connectivity index is 1.79. The maximum absolute atomic E-state index is 11.7. The van der Waals surface area contributed by atoms with Crippen molar-refractivity contribution in [1.29, 1.82) is 0 Å². The maximum atomic E-state index is 11.7. The normalized spacial score (nSPS) is 17.0. The molecule has 0 aliphatic heterocycles. The predicted octanol–water partition coefficient (Wildman–Crippen LogP) is 0.186. The van der Waals surface area contributed by atoms with Gasteiger partial charge in [0.1, 0.15) is 6.54 Å². The van der Waals surface area contributed by atoms with E-state index in [2.05, 4.69) is 15.6 Å². The molecule has 0 atom stereocenters. The van der Waals surface area contributed by atoms with E-state index in [1.807, 2.05) is 0 Å². The minimum Gasteiger partial charge on any atom is -0.352 e. The minimum absolute atomic E-state index is 0.00497. The molecule has 6 nitrogen and oxygen atoms in total. The average molecular weight is 237 g/mol. The molecule has 0 radical (unpaired) electrons. The van der Waals surface area contributed by atoms with Gasteiger partial charge in [-0.1, -0.05) is 24.5 Å². The number of aromatic nitrogens is 3. The molecule has 1 saturated carbocycles. The topological polar surface area (TPSA) is 85.8 Å². The van der Waals surface area contributed by atoms with E-state index in [9.17, 15) is 4.79 Å². The molecule has 94 valence electrons. The third kappa shape index (κ3) is 3.52. The number of nitrogens with zero attached hydrogens (tertiary/aromatic N) is 3. The highest BCUT2D eigenvalue weighted by Gasteiger charge is 2.15. The minimum atomic E-state index is 0.00497. The molecule has 1 aromatic rings. The van der Waals surface area contributed by atoms with Crippen molar-refractivity contribution < 1.29 is 4.79 Å². The monoisotopic (exact) mass is 237 g/mol. The first-order chi connectivity index (χ1) is 8.28. The third-order valence-corrected chi connectivity index (χ3v) is 3.07. The number of nitrogens with two attached hydrogens (primary N) is 1. The van der Waals surface area contributed by atoms with Crippen LogP contribution in [0.5, 0.6) is 0 Å². The van der Waals surface area contributed by atoms with E-state index in [1.54, 1.807) is 6.20 Å². The lowest BCUT2D eigenvalue weighted by Gasteiger charge is -2.22. The van der Waals surface area contributed by atoms with Gasteiger partial charge in [-0.25, -0.2) is 4.68 Å². The SMILES string of the molecule is NCc1cn(CC(=O)NC2CCCCC2)nn1. The van der Waals surface area contributed by atoms with E-state index >= 15 is 0 Å². The number of hydrogen-bond acceptors (Lipinski definition) is 4. The van der Waals surface area contributed by atoms with Crippen molar-refractivity contribution in [2.45, 2.75) is 51.2 Å². The fourth-order valence-corrected chi connectivity index (χ4v) is 2.18. The molecule has 2 rings (SSSR count). The molecule has 0 spiro atoms. The Morgan fingerprint density at radius 2 is 2.24 bits per heavy atom. The van der Waals surface area contributed by atoms with Crippen LogP contribution in [0.3, 0.4) is 0 Å². The van der Waals surface area contributed by atoms with E-state index < -0.39 is 0 Å². The van der Waals surface area contributed by atoms with Crippen LogP contribution < -0.4 is 11.1 Å². The Kier molecular flexibility index (Phi) is 4.08. The van der Waals surface area contributed by atoms with E-state index in [-0.39, 0.29) is 12.5 Å². The van der Waals surface area contributed by atoms with Gasteiger partial charge in [0, 0.05) is 12.6 Å². The molecule has 1 fully saturated rings. The van der Waals surface area contributed by atoms with E-state index in [0.717, 1.165) is 12.8 Å². The van der Waals surface area contributed by atoms with E-state index in [4.69, 9.17) is 5.73 Å². The molecule has 3 N–H and O–H groups in total. The second-order valence-electron chi connectivity index (χ2n) is 4.51. The molecule has 0 unspecified atom stereocenters. The zero-order valence-electron chi connectivity index (χ0n) is 9.93. The van der Waals surface area contributed by atoms with Crippen LogP contribution in [0.1, 0.15) is 37.8 Å². The van der Waals surface area contributed by atoms with Crippen molar-refractivity contribution in [3.8, 4) is 0 Å². The van der Waals surface area contributed by atoms with Crippen molar-refractivity contribution in [1.82, 2.24) is 20.3 Å². The first-order valence-corrected chi connectivity index (χ1v) is 6.16. The molecular formula is C11H19N5O. The average Bonchev–Trinajstić information content (AvgIpc) is 2.78. The van der Waals surface area contributed by atoms with Crippen molar-refractivity contribution in [3.63, 3.8) is 0 Å². The quantitative estimate of drug-likeness (QED) is 0.782. The standard InChI is InChI=1S/C11H19N5O/c12-6-10-7-16(15-14-10)8-11(17)13-9-4-2-1-3-5-9/h7,9H,1-6,8,12H2,(H,13,17). The van der Waals surface area contributed by atoms with Crippen molar-refractivity contribution in [2.75, 3.05) is 0 Å². The van der Waals surface area contributed by atoms with Gasteiger partial charge in [0.25, 0.3) is 0 Å². The smallest absolute Gasteiger partial charge is 0.242 e. The van der Waals surface area contributed by atoms with Gasteiger partial charge in [-0.2, -0.15) is 0 Å². The van der Waals surface area contributed by atoms with Crippen LogP contribution in [0.25, 0.3) is 0 Å². The lowest BCUT2D eigenvalue weighted by atomic mass is 9.95. The zero-order valence-corrected chi connectivity index (χ0v) is 9.93. The second-order valence-corrected chi connectivity index (χ2v) is 4.51. The number of carbonyl (C=O) groups is 1. The molecular weight excluding hydrogens is 218 g/mol. The zero-order chi connectivity index (χ0) is 12.1. The lowest BCUT2D eigenvalue weighted by molar-refractivity contribution is -0.122. The first kappa shape index (κ1) is 12.0. The molecule has 1 amide bonds. The number of rotatable bonds is 4. The number of carbonyl (C=O) groups excluding carboxylic acids is 1. The Hall–Kier alpha value is -1.43. The highest BCUT2D eigenvalue weighted by molar-refractivity contribution is 5.75. The summed E-state index contributed by atoms with van der Waals surface area (Å²) < 4.78 is 1.53. The van der Waals surface area contributed by atoms with Gasteiger partial charge in [-0.15, -0.1) is 5.10 Å². The molecule has 1 heterocycles. The fourth-order valence-electron chi connectivity index (χ4n) is 2.18. The predicted molar refractivity (Wildman–Crippen MR) is 62.9 cm³/mol. The highest BCUT2D eigenvalue weighted by Crippen LogP contribution is 2.17. The summed E-state index contributed by atoms with van der Waals surface area (Å²) in [5.41, 5.74) is 6.13. The van der Waals surface area contributed by atoms with Gasteiger partial charge in [-0.05, 0) is 12.8 Å². The van der Waals surface area contributed by atoms with Crippen LogP contribution in [-0.4, -0.2) is 26.9 Å². The Morgan fingerprint density at radius 3 is 2.88 bits per heavy atom. The highest BCUT2D eigenvalue weighted by atomic mass is 16.2. The van der Waals surface area contributed by atoms with Crippen molar-refractivity contribution >= 4 is 5.91 Å². The molecule has 0 aromatic carbocycles. The van der Waals surface area contributed by atoms with Crippen LogP contribution in [0.15, 0.2) is 6.20 Å². The van der Waals surface area contributed by atoms with E-state index in [0.29, 0.717) is 18.3 Å². The van der Waals surface area contributed by atoms with E-state index in [1.165, 1.54) is 23.9 Å². The summed E-state index contributed by atoms with van der Waals surface area (Å²) >= 11 is 0. The maximum Gasteiger partial charge on any atom is 0.242 e. The van der Waals surface area contributed by atoms with Crippen LogP contribution in [0.4, 0.5) is 0 Å². The van der Waals surface area contributed by atoms with Gasteiger partial charge in [-0.3, -0.25) is 4.79 Å². The summed E-state index contributed by atoms with van der Waals surface area (Å²) in [6.07, 6.45) is 7.61. The van der Waals surface area contributed by atoms with Gasteiger partial charge < -0.3 is 11.1 Å². The summed E-state index contributed by atoms with van der Waals surface area (Å²) in [5, 5.41) is 10.7. The third-order valence-electron chi connectivity index (χ3n) is 3.07. The van der Waals surface area contributed by atoms with Crippen LogP contribution in [-0.2, 0) is 17.9 Å². The number of nitrogens with one attached hydrogen (secondary N) is 1. The molecule has 0 bridgehead atoms. The van der Waals surface area contributed by atoms with Crippen LogP contribution in [0, 0.1) is 0 Å². The Bertz CT molecular complexity index is 370. The molecule has 0 saturated heterocycles. The van der Waals surface area contributed by atoms with Gasteiger partial charge in [0.2, 0.25) is 5.91 Å².